The van der Waals surface area contributed by atoms with E-state index in [9.17, 15) is 14.4 Å². The Balaban J connectivity index is 2.52. The number of nitrogens with one attached hydrogen (secondary N) is 2. The Morgan fingerprint density at radius 1 is 1.33 bits per heavy atom. The first-order valence-corrected chi connectivity index (χ1v) is 7.98. The number of carboxylic acids is 1. The van der Waals surface area contributed by atoms with E-state index in [-0.39, 0.29) is 0 Å². The number of carboxylic acid groups (broad SMARTS) is 1. The molecule has 24 heavy (non-hydrogen) atoms. The number of hydrazone groups is 1. The second kappa shape index (κ2) is 10.4. The molecule has 2 amide bonds. The molecule has 1 aromatic carbocycles. The minimum absolute atomic E-state index is 0.369. The molecule has 8 nitrogen and oxygen atoms in total. The fourth-order valence-electron chi connectivity index (χ4n) is 1.53. The van der Waals surface area contributed by atoms with Gasteiger partial charge < -0.3 is 15.2 Å². The lowest BCUT2D eigenvalue weighted by molar-refractivity contribution is -0.139. The van der Waals surface area contributed by atoms with Crippen LogP contribution in [0.1, 0.15) is 25.3 Å². The second-order valence-electron chi connectivity index (χ2n) is 4.68. The van der Waals surface area contributed by atoms with Crippen LogP contribution in [-0.2, 0) is 14.4 Å². The first kappa shape index (κ1) is 19.6. The molecule has 0 aliphatic carbocycles. The molecule has 1 rings (SSSR count). The highest BCUT2D eigenvalue weighted by Crippen LogP contribution is 2.25. The molecule has 0 saturated carbocycles. The van der Waals surface area contributed by atoms with E-state index in [1.807, 2.05) is 6.92 Å². The number of hydrogen-bond donors (Lipinski definition) is 3. The maximum Gasteiger partial charge on any atom is 0.341 e. The average molecular weight is 400 g/mol. The Morgan fingerprint density at radius 3 is 2.71 bits per heavy atom. The van der Waals surface area contributed by atoms with Crippen LogP contribution in [0.2, 0.25) is 0 Å². The summed E-state index contributed by atoms with van der Waals surface area (Å²) in [4.78, 5) is 33.4. The van der Waals surface area contributed by atoms with Gasteiger partial charge >= 0.3 is 17.8 Å². The summed E-state index contributed by atoms with van der Waals surface area (Å²) in [5, 5.41) is 14.7. The van der Waals surface area contributed by atoms with Crippen LogP contribution < -0.4 is 15.5 Å². The minimum Gasteiger partial charge on any atom is -0.481 e. The van der Waals surface area contributed by atoms with Gasteiger partial charge in [0.25, 0.3) is 0 Å². The van der Waals surface area contributed by atoms with E-state index in [1.165, 1.54) is 6.21 Å². The Labute approximate surface area is 147 Å². The fraction of sp³-hybridized carbons (Fsp3) is 0.333. The average Bonchev–Trinajstić information content (AvgIpc) is 2.53. The lowest BCUT2D eigenvalue weighted by Gasteiger charge is -2.06. The van der Waals surface area contributed by atoms with Crippen LogP contribution >= 0.6 is 15.9 Å². The van der Waals surface area contributed by atoms with Crippen LogP contribution in [0.25, 0.3) is 0 Å². The lowest BCUT2D eigenvalue weighted by atomic mass is 10.2. The summed E-state index contributed by atoms with van der Waals surface area (Å²) in [7, 11) is 0. The summed E-state index contributed by atoms with van der Waals surface area (Å²) in [5.74, 6) is -2.29. The molecular weight excluding hydrogens is 382 g/mol. The Morgan fingerprint density at radius 2 is 2.08 bits per heavy atom. The van der Waals surface area contributed by atoms with Gasteiger partial charge in [0.15, 0.2) is 6.61 Å². The van der Waals surface area contributed by atoms with Crippen LogP contribution in [0.15, 0.2) is 27.8 Å². The number of ether oxygens (including phenoxy) is 1. The summed E-state index contributed by atoms with van der Waals surface area (Å²) in [6, 6.07) is 4.82. The van der Waals surface area contributed by atoms with Crippen molar-refractivity contribution in [3.8, 4) is 5.75 Å². The normalized spacial score (nSPS) is 10.4. The van der Waals surface area contributed by atoms with E-state index >= 15 is 0 Å². The first-order valence-electron chi connectivity index (χ1n) is 7.19. The summed E-state index contributed by atoms with van der Waals surface area (Å²) < 4.78 is 5.60. The number of benzene rings is 1. The molecule has 9 heteroatoms. The van der Waals surface area contributed by atoms with Crippen molar-refractivity contribution in [2.75, 3.05) is 13.2 Å². The largest absolute Gasteiger partial charge is 0.481 e. The molecule has 3 N–H and O–H groups in total. The number of carbonyl (C=O) groups excluding carboxylic acids is 2. The number of nitrogens with zero attached hydrogens (tertiary/aromatic N) is 1. The van der Waals surface area contributed by atoms with E-state index in [4.69, 9.17) is 9.84 Å². The second-order valence-corrected chi connectivity index (χ2v) is 5.54. The van der Waals surface area contributed by atoms with Crippen LogP contribution in [0.3, 0.4) is 0 Å². The topological polar surface area (TPSA) is 117 Å². The molecule has 1 aromatic rings. The van der Waals surface area contributed by atoms with Gasteiger partial charge in [0.2, 0.25) is 0 Å². The van der Waals surface area contributed by atoms with Gasteiger partial charge in [-0.1, -0.05) is 13.3 Å². The molecule has 0 aliphatic heterocycles. The molecular formula is C15H18BrN3O5. The van der Waals surface area contributed by atoms with Crippen LogP contribution in [0.5, 0.6) is 5.75 Å². The van der Waals surface area contributed by atoms with Gasteiger partial charge in [0, 0.05) is 6.54 Å². The molecule has 0 radical (unpaired) electrons. The number of amides is 2. The first-order chi connectivity index (χ1) is 11.4. The quantitative estimate of drug-likeness (QED) is 0.263. The number of rotatable bonds is 8. The van der Waals surface area contributed by atoms with Crippen LogP contribution in [0.4, 0.5) is 0 Å². The van der Waals surface area contributed by atoms with Gasteiger partial charge in [0.1, 0.15) is 5.75 Å². The van der Waals surface area contributed by atoms with Crippen molar-refractivity contribution in [3.05, 3.63) is 28.2 Å². The fourth-order valence-corrected chi connectivity index (χ4v) is 2.04. The number of carbonyl (C=O) groups is 3. The molecule has 0 aliphatic rings. The van der Waals surface area contributed by atoms with E-state index in [0.29, 0.717) is 22.3 Å². The summed E-state index contributed by atoms with van der Waals surface area (Å²) in [5.41, 5.74) is 2.75. The molecule has 0 atom stereocenters. The molecule has 0 spiro atoms. The standard InChI is InChI=1S/C15H18BrN3O5/c1-2-3-6-17-14(22)15(23)19-18-8-10-4-5-12(11(16)7-10)24-9-13(20)21/h4-5,7-8H,2-3,6,9H2,1H3,(H,17,22)(H,19,23)(H,20,21)/b18-8-. The van der Waals surface area contributed by atoms with Gasteiger partial charge in [0.05, 0.1) is 10.7 Å². The van der Waals surface area contributed by atoms with Crippen molar-refractivity contribution in [3.63, 3.8) is 0 Å². The zero-order valence-electron chi connectivity index (χ0n) is 13.0. The summed E-state index contributed by atoms with van der Waals surface area (Å²) >= 11 is 3.25. The highest BCUT2D eigenvalue weighted by atomic mass is 79.9. The van der Waals surface area contributed by atoms with Crippen LogP contribution in [0, 0.1) is 0 Å². The van der Waals surface area contributed by atoms with Gasteiger partial charge in [-0.3, -0.25) is 9.59 Å². The zero-order valence-corrected chi connectivity index (χ0v) is 14.6. The van der Waals surface area contributed by atoms with Crippen molar-refractivity contribution < 1.29 is 24.2 Å². The molecule has 0 aromatic heterocycles. The van der Waals surface area contributed by atoms with Crippen molar-refractivity contribution >= 4 is 39.9 Å². The monoisotopic (exact) mass is 399 g/mol. The number of unbranched alkanes of at least 4 members (excludes halogenated alkanes) is 1. The maximum atomic E-state index is 11.5. The molecule has 0 saturated heterocycles. The highest BCUT2D eigenvalue weighted by molar-refractivity contribution is 9.10. The molecule has 0 heterocycles. The maximum absolute atomic E-state index is 11.5. The van der Waals surface area contributed by atoms with E-state index in [0.717, 1.165) is 12.8 Å². The third kappa shape index (κ3) is 7.23. The molecule has 0 fully saturated rings. The summed E-state index contributed by atoms with van der Waals surface area (Å²) in [6.45, 7) is 1.97. The van der Waals surface area contributed by atoms with Gasteiger partial charge in [-0.2, -0.15) is 5.10 Å². The predicted molar refractivity (Wildman–Crippen MR) is 90.9 cm³/mol. The summed E-state index contributed by atoms with van der Waals surface area (Å²) in [6.07, 6.45) is 3.07. The van der Waals surface area contributed by atoms with E-state index in [2.05, 4.69) is 31.8 Å². The predicted octanol–water partition coefficient (Wildman–Crippen LogP) is 1.28. The molecule has 130 valence electrons. The Kier molecular flexibility index (Phi) is 8.48. The van der Waals surface area contributed by atoms with E-state index in [1.54, 1.807) is 18.2 Å². The Hall–Kier alpha value is -2.42. The van der Waals surface area contributed by atoms with E-state index < -0.39 is 24.4 Å². The number of halogens is 1. The van der Waals surface area contributed by atoms with Gasteiger partial charge in [-0.25, -0.2) is 10.2 Å². The van der Waals surface area contributed by atoms with Crippen LogP contribution in [-0.4, -0.2) is 42.3 Å². The van der Waals surface area contributed by atoms with Crippen molar-refractivity contribution in [2.45, 2.75) is 19.8 Å². The van der Waals surface area contributed by atoms with Gasteiger partial charge in [-0.05, 0) is 46.1 Å². The molecule has 0 unspecified atom stereocenters. The minimum atomic E-state index is -1.08. The third-order valence-corrected chi connectivity index (χ3v) is 3.33. The number of hydrogen-bond acceptors (Lipinski definition) is 5. The smallest absolute Gasteiger partial charge is 0.341 e. The highest BCUT2D eigenvalue weighted by Gasteiger charge is 2.11. The van der Waals surface area contributed by atoms with Gasteiger partial charge in [-0.15, -0.1) is 0 Å². The zero-order chi connectivity index (χ0) is 17.9. The van der Waals surface area contributed by atoms with Crippen molar-refractivity contribution in [1.29, 1.82) is 0 Å². The number of aliphatic carboxylic acids is 1. The molecule has 0 bridgehead atoms. The van der Waals surface area contributed by atoms with Crippen molar-refractivity contribution in [1.82, 2.24) is 10.7 Å². The SMILES string of the molecule is CCCCNC(=O)C(=O)N/N=C\c1ccc(OCC(=O)O)c(Br)c1. The third-order valence-electron chi connectivity index (χ3n) is 2.71. The Bertz CT molecular complexity index is 634. The lowest BCUT2D eigenvalue weighted by Crippen LogP contribution is -2.38. The van der Waals surface area contributed by atoms with Crippen molar-refractivity contribution in [2.24, 2.45) is 5.10 Å².